The zero-order valence-corrected chi connectivity index (χ0v) is 19.5. The molecule has 0 spiro atoms. The average Bonchev–Trinajstić information content (AvgIpc) is 2.73. The van der Waals surface area contributed by atoms with E-state index in [2.05, 4.69) is 32.1 Å². The number of benzene rings is 2. The highest BCUT2D eigenvalue weighted by Gasteiger charge is 2.21. The SMILES string of the molecule is CC(C)=CCCC(C)=CCc1c(O)cc(CCCCCc2ccccc2)c(C(=O)O)c1O. The molecule has 0 amide bonds. The summed E-state index contributed by atoms with van der Waals surface area (Å²) >= 11 is 0. The normalized spacial score (nSPS) is 11.4. The van der Waals surface area contributed by atoms with E-state index in [1.54, 1.807) is 0 Å². The molecular formula is C28H36O4. The van der Waals surface area contributed by atoms with Gasteiger partial charge >= 0.3 is 5.97 Å². The van der Waals surface area contributed by atoms with Crippen LogP contribution in [0, 0.1) is 0 Å². The summed E-state index contributed by atoms with van der Waals surface area (Å²) in [6, 6.07) is 11.8. The predicted octanol–water partition coefficient (Wildman–Crippen LogP) is 6.99. The van der Waals surface area contributed by atoms with Crippen molar-refractivity contribution in [3.8, 4) is 11.5 Å². The summed E-state index contributed by atoms with van der Waals surface area (Å²) in [7, 11) is 0. The molecule has 4 heteroatoms. The van der Waals surface area contributed by atoms with Crippen LogP contribution in [0.5, 0.6) is 11.5 Å². The molecule has 0 bridgehead atoms. The number of aromatic hydroxyl groups is 2. The van der Waals surface area contributed by atoms with Crippen LogP contribution in [0.4, 0.5) is 0 Å². The van der Waals surface area contributed by atoms with Crippen LogP contribution < -0.4 is 0 Å². The average molecular weight is 437 g/mol. The van der Waals surface area contributed by atoms with Crippen LogP contribution in [0.25, 0.3) is 0 Å². The van der Waals surface area contributed by atoms with Gasteiger partial charge in [-0.2, -0.15) is 0 Å². The van der Waals surface area contributed by atoms with Gasteiger partial charge < -0.3 is 15.3 Å². The molecule has 0 saturated carbocycles. The lowest BCUT2D eigenvalue weighted by molar-refractivity contribution is 0.0692. The van der Waals surface area contributed by atoms with Crippen molar-refractivity contribution in [1.29, 1.82) is 0 Å². The number of carboxylic acids is 1. The Kier molecular flexibility index (Phi) is 10.1. The van der Waals surface area contributed by atoms with Gasteiger partial charge in [0.2, 0.25) is 0 Å². The molecule has 32 heavy (non-hydrogen) atoms. The van der Waals surface area contributed by atoms with E-state index in [0.29, 0.717) is 18.4 Å². The number of hydrogen-bond acceptors (Lipinski definition) is 3. The number of carboxylic acid groups (broad SMARTS) is 1. The van der Waals surface area contributed by atoms with Crippen LogP contribution >= 0.6 is 0 Å². The number of aromatic carboxylic acids is 1. The molecule has 0 fully saturated rings. The zero-order chi connectivity index (χ0) is 23.5. The Labute approximate surface area is 191 Å². The highest BCUT2D eigenvalue weighted by Crippen LogP contribution is 2.35. The molecular weight excluding hydrogens is 400 g/mol. The first-order chi connectivity index (χ1) is 15.3. The van der Waals surface area contributed by atoms with E-state index in [-0.39, 0.29) is 22.6 Å². The molecule has 2 rings (SSSR count). The maximum atomic E-state index is 11.9. The van der Waals surface area contributed by atoms with Crippen LogP contribution in [0.15, 0.2) is 59.7 Å². The number of aryl methyl sites for hydroxylation is 2. The van der Waals surface area contributed by atoms with Crippen molar-refractivity contribution in [2.75, 3.05) is 0 Å². The molecule has 0 atom stereocenters. The molecule has 0 heterocycles. The van der Waals surface area contributed by atoms with Gasteiger partial charge in [-0.25, -0.2) is 4.79 Å². The second-order valence-electron chi connectivity index (χ2n) is 8.68. The van der Waals surface area contributed by atoms with Crippen molar-refractivity contribution in [3.05, 3.63) is 82.0 Å². The van der Waals surface area contributed by atoms with Gasteiger partial charge in [0, 0.05) is 5.56 Å². The first-order valence-corrected chi connectivity index (χ1v) is 11.4. The lowest BCUT2D eigenvalue weighted by Crippen LogP contribution is -2.06. The van der Waals surface area contributed by atoms with E-state index in [0.717, 1.165) is 44.1 Å². The monoisotopic (exact) mass is 436 g/mol. The number of carbonyl (C=O) groups is 1. The van der Waals surface area contributed by atoms with Gasteiger partial charge in [0.1, 0.15) is 17.1 Å². The summed E-state index contributed by atoms with van der Waals surface area (Å²) in [5.74, 6) is -1.52. The van der Waals surface area contributed by atoms with Gasteiger partial charge in [0.25, 0.3) is 0 Å². The van der Waals surface area contributed by atoms with Gasteiger partial charge in [-0.05, 0) is 82.9 Å². The Morgan fingerprint density at radius 1 is 0.938 bits per heavy atom. The maximum Gasteiger partial charge on any atom is 0.339 e. The Balaban J connectivity index is 2.03. The molecule has 2 aromatic carbocycles. The summed E-state index contributed by atoms with van der Waals surface area (Å²) in [5.41, 5.74) is 4.38. The van der Waals surface area contributed by atoms with Crippen molar-refractivity contribution in [3.63, 3.8) is 0 Å². The largest absolute Gasteiger partial charge is 0.508 e. The maximum absolute atomic E-state index is 11.9. The fourth-order valence-corrected chi connectivity index (χ4v) is 3.82. The van der Waals surface area contributed by atoms with Crippen molar-refractivity contribution in [2.45, 2.75) is 72.1 Å². The molecule has 0 aliphatic rings. The van der Waals surface area contributed by atoms with Gasteiger partial charge in [-0.1, -0.05) is 60.1 Å². The molecule has 172 valence electrons. The second kappa shape index (κ2) is 12.7. The number of allylic oxidation sites excluding steroid dienone is 4. The molecule has 4 nitrogen and oxygen atoms in total. The van der Waals surface area contributed by atoms with Gasteiger partial charge in [0.15, 0.2) is 0 Å². The molecule has 3 N–H and O–H groups in total. The van der Waals surface area contributed by atoms with Gasteiger partial charge in [0.05, 0.1) is 0 Å². The fraction of sp³-hybridized carbons (Fsp3) is 0.393. The Bertz CT molecular complexity index is 951. The molecule has 0 radical (unpaired) electrons. The molecule has 0 saturated heterocycles. The van der Waals surface area contributed by atoms with E-state index < -0.39 is 5.97 Å². The number of rotatable bonds is 12. The minimum Gasteiger partial charge on any atom is -0.508 e. The van der Waals surface area contributed by atoms with Crippen molar-refractivity contribution in [2.24, 2.45) is 0 Å². The third kappa shape index (κ3) is 7.92. The van der Waals surface area contributed by atoms with E-state index in [1.807, 2.05) is 31.2 Å². The van der Waals surface area contributed by atoms with Crippen LogP contribution in [-0.4, -0.2) is 21.3 Å². The standard InChI is InChI=1S/C28H36O4/c1-20(2)11-10-12-21(3)17-18-24-25(29)19-23(26(27(24)30)28(31)32)16-9-5-8-15-22-13-6-4-7-14-22/h4,6-7,11,13-14,17,19,29-30H,5,8-10,12,15-16,18H2,1-3H3,(H,31,32). The lowest BCUT2D eigenvalue weighted by Gasteiger charge is -2.14. The fourth-order valence-electron chi connectivity index (χ4n) is 3.82. The van der Waals surface area contributed by atoms with E-state index in [4.69, 9.17) is 0 Å². The van der Waals surface area contributed by atoms with Gasteiger partial charge in [-0.15, -0.1) is 0 Å². The minimum absolute atomic E-state index is 0.0415. The van der Waals surface area contributed by atoms with Gasteiger partial charge in [-0.3, -0.25) is 0 Å². The first kappa shape index (κ1) is 25.3. The van der Waals surface area contributed by atoms with Crippen LogP contribution in [0.1, 0.15) is 79.9 Å². The molecule has 2 aromatic rings. The summed E-state index contributed by atoms with van der Waals surface area (Å²) in [4.78, 5) is 11.9. The summed E-state index contributed by atoms with van der Waals surface area (Å²) in [6.45, 7) is 6.13. The number of phenolic OH excluding ortho intramolecular Hbond substituents is 1. The Hall–Kier alpha value is -3.01. The van der Waals surface area contributed by atoms with Crippen LogP contribution in [0.2, 0.25) is 0 Å². The van der Waals surface area contributed by atoms with Crippen molar-refractivity contribution in [1.82, 2.24) is 0 Å². The highest BCUT2D eigenvalue weighted by atomic mass is 16.4. The molecule has 0 aliphatic heterocycles. The third-order valence-corrected chi connectivity index (χ3v) is 5.68. The second-order valence-corrected chi connectivity index (χ2v) is 8.68. The van der Waals surface area contributed by atoms with E-state index in [9.17, 15) is 20.1 Å². The van der Waals surface area contributed by atoms with Crippen molar-refractivity contribution >= 4 is 5.97 Å². The van der Waals surface area contributed by atoms with Crippen LogP contribution in [0.3, 0.4) is 0 Å². The smallest absolute Gasteiger partial charge is 0.339 e. The highest BCUT2D eigenvalue weighted by molar-refractivity contribution is 5.93. The zero-order valence-electron chi connectivity index (χ0n) is 19.5. The summed E-state index contributed by atoms with van der Waals surface area (Å²) < 4.78 is 0. The number of unbranched alkanes of at least 4 members (excludes halogenated alkanes) is 2. The minimum atomic E-state index is -1.16. The lowest BCUT2D eigenvalue weighted by atomic mass is 9.94. The topological polar surface area (TPSA) is 77.8 Å². The number of phenols is 2. The summed E-state index contributed by atoms with van der Waals surface area (Å²) in [6.07, 6.45) is 10.5. The quantitative estimate of drug-likeness (QED) is 0.248. The van der Waals surface area contributed by atoms with Crippen LogP contribution in [-0.2, 0) is 19.3 Å². The molecule has 0 unspecified atom stereocenters. The molecule has 0 aliphatic carbocycles. The summed E-state index contributed by atoms with van der Waals surface area (Å²) in [5, 5.41) is 30.8. The Morgan fingerprint density at radius 3 is 2.28 bits per heavy atom. The predicted molar refractivity (Wildman–Crippen MR) is 131 cm³/mol. The van der Waals surface area contributed by atoms with E-state index >= 15 is 0 Å². The van der Waals surface area contributed by atoms with Crippen molar-refractivity contribution < 1.29 is 20.1 Å². The number of hydrogen-bond donors (Lipinski definition) is 3. The first-order valence-electron chi connectivity index (χ1n) is 11.4. The third-order valence-electron chi connectivity index (χ3n) is 5.68. The van der Waals surface area contributed by atoms with E-state index in [1.165, 1.54) is 17.2 Å². The molecule has 0 aromatic heterocycles. The Morgan fingerprint density at radius 2 is 1.62 bits per heavy atom.